The zero-order valence-electron chi connectivity index (χ0n) is 10.0. The first kappa shape index (κ1) is 14.4. The van der Waals surface area contributed by atoms with Gasteiger partial charge in [0.1, 0.15) is 24.1 Å². The molecule has 0 spiro atoms. The number of carboxylic acids is 1. The molecule has 1 aromatic rings. The maximum absolute atomic E-state index is 11.6. The highest BCUT2D eigenvalue weighted by Crippen LogP contribution is 2.30. The summed E-state index contributed by atoms with van der Waals surface area (Å²) in [4.78, 5) is 25.7. The minimum atomic E-state index is -2.04. The highest BCUT2D eigenvalue weighted by Gasteiger charge is 2.49. The average molecular weight is 287 g/mol. The molecule has 10 heteroatoms. The molecule has 1 aliphatic heterocycles. The van der Waals surface area contributed by atoms with Crippen molar-refractivity contribution < 1.29 is 30.0 Å². The fraction of sp³-hybridized carbons (Fsp3) is 0.500. The number of anilines is 1. The van der Waals surface area contributed by atoms with Gasteiger partial charge in [-0.1, -0.05) is 0 Å². The van der Waals surface area contributed by atoms with Gasteiger partial charge in [0.15, 0.2) is 12.3 Å². The number of nitrogens with zero attached hydrogens (tertiary/aromatic N) is 2. The van der Waals surface area contributed by atoms with E-state index in [-0.39, 0.29) is 5.82 Å². The van der Waals surface area contributed by atoms with Crippen LogP contribution in [0.5, 0.6) is 0 Å². The van der Waals surface area contributed by atoms with E-state index in [4.69, 9.17) is 15.6 Å². The minimum Gasteiger partial charge on any atom is -0.479 e. The molecular formula is C10H13N3O7. The number of hydrogen-bond donors (Lipinski definition) is 5. The Morgan fingerprint density at radius 1 is 1.45 bits per heavy atom. The van der Waals surface area contributed by atoms with Crippen molar-refractivity contribution in [1.82, 2.24) is 9.55 Å². The van der Waals surface area contributed by atoms with Gasteiger partial charge in [0, 0.05) is 6.20 Å². The van der Waals surface area contributed by atoms with Crippen LogP contribution >= 0.6 is 0 Å². The summed E-state index contributed by atoms with van der Waals surface area (Å²) in [7, 11) is 0. The number of nitrogens with two attached hydrogens (primary N) is 1. The Bertz CT molecular complexity index is 574. The average Bonchev–Trinajstić information content (AvgIpc) is 2.66. The van der Waals surface area contributed by atoms with Gasteiger partial charge in [0.25, 0.3) is 0 Å². The van der Waals surface area contributed by atoms with Crippen molar-refractivity contribution in [2.24, 2.45) is 0 Å². The second-order valence-corrected chi connectivity index (χ2v) is 4.30. The second kappa shape index (κ2) is 5.17. The standard InChI is InChI=1S/C10H13N3O7/c11-3-1-2-13(10(19)12-3)8-5(15)4(14)7(20-8)6(16)9(17)18/h1-2,4-8,14-16H,(H,17,18)(H2,11,12,19)/t4-,5+,6+,7-,8+/m0/s1. The summed E-state index contributed by atoms with van der Waals surface area (Å²) < 4.78 is 5.91. The first-order chi connectivity index (χ1) is 9.32. The number of rotatable bonds is 3. The van der Waals surface area contributed by atoms with Gasteiger partial charge in [-0.05, 0) is 6.07 Å². The van der Waals surface area contributed by atoms with E-state index in [9.17, 15) is 24.9 Å². The number of ether oxygens (including phenoxy) is 1. The molecule has 1 saturated heterocycles. The fourth-order valence-electron chi connectivity index (χ4n) is 1.94. The molecule has 0 radical (unpaired) electrons. The third-order valence-corrected chi connectivity index (χ3v) is 2.97. The van der Waals surface area contributed by atoms with Crippen LogP contribution in [-0.4, -0.2) is 60.4 Å². The fourth-order valence-corrected chi connectivity index (χ4v) is 1.94. The molecule has 20 heavy (non-hydrogen) atoms. The Balaban J connectivity index is 2.30. The largest absolute Gasteiger partial charge is 0.479 e. The van der Waals surface area contributed by atoms with Gasteiger partial charge in [-0.15, -0.1) is 0 Å². The van der Waals surface area contributed by atoms with Crippen molar-refractivity contribution in [2.45, 2.75) is 30.6 Å². The van der Waals surface area contributed by atoms with Gasteiger partial charge in [-0.2, -0.15) is 4.98 Å². The Kier molecular flexibility index (Phi) is 3.72. The summed E-state index contributed by atoms with van der Waals surface area (Å²) in [5.74, 6) is -1.66. The SMILES string of the molecule is Nc1ccn([C@@H]2O[C@H]([C@@H](O)C(=O)O)[C@@H](O)[C@H]2O)c(=O)n1. The summed E-state index contributed by atoms with van der Waals surface area (Å²) in [6.45, 7) is 0. The molecule has 0 bridgehead atoms. The zero-order chi connectivity index (χ0) is 15.0. The van der Waals surface area contributed by atoms with Gasteiger partial charge in [0.05, 0.1) is 0 Å². The third-order valence-electron chi connectivity index (χ3n) is 2.97. The van der Waals surface area contributed by atoms with Crippen molar-refractivity contribution >= 4 is 11.8 Å². The lowest BCUT2D eigenvalue weighted by Crippen LogP contribution is -2.42. The summed E-state index contributed by atoms with van der Waals surface area (Å²) in [6.07, 6.45) is -7.07. The number of nitrogen functional groups attached to an aromatic ring is 1. The summed E-state index contributed by atoms with van der Waals surface area (Å²) in [5, 5.41) is 37.6. The Morgan fingerprint density at radius 2 is 2.10 bits per heavy atom. The third kappa shape index (κ3) is 2.36. The van der Waals surface area contributed by atoms with Crippen LogP contribution < -0.4 is 11.4 Å². The molecule has 0 amide bonds. The molecular weight excluding hydrogens is 274 g/mol. The van der Waals surface area contributed by atoms with Crippen LogP contribution in [0.4, 0.5) is 5.82 Å². The smallest absolute Gasteiger partial charge is 0.351 e. The Morgan fingerprint density at radius 3 is 2.65 bits per heavy atom. The molecule has 0 unspecified atom stereocenters. The first-order valence-electron chi connectivity index (χ1n) is 5.60. The quantitative estimate of drug-likeness (QED) is 0.386. The molecule has 2 rings (SSSR count). The van der Waals surface area contributed by atoms with Crippen LogP contribution in [0.15, 0.2) is 17.1 Å². The number of carbonyl (C=O) groups is 1. The first-order valence-corrected chi connectivity index (χ1v) is 5.60. The Hall–Kier alpha value is -2.01. The zero-order valence-corrected chi connectivity index (χ0v) is 10.0. The van der Waals surface area contributed by atoms with Crippen LogP contribution in [0.25, 0.3) is 0 Å². The topological polar surface area (TPSA) is 168 Å². The second-order valence-electron chi connectivity index (χ2n) is 4.30. The molecule has 2 heterocycles. The van der Waals surface area contributed by atoms with E-state index in [0.717, 1.165) is 4.57 Å². The highest BCUT2D eigenvalue weighted by molar-refractivity contribution is 5.72. The predicted octanol–water partition coefficient (Wildman–Crippen LogP) is -3.11. The van der Waals surface area contributed by atoms with E-state index in [1.165, 1.54) is 12.3 Å². The Labute approximate surface area is 111 Å². The maximum atomic E-state index is 11.6. The predicted molar refractivity (Wildman–Crippen MR) is 62.5 cm³/mol. The van der Waals surface area contributed by atoms with Crippen molar-refractivity contribution in [3.05, 3.63) is 22.7 Å². The van der Waals surface area contributed by atoms with Crippen molar-refractivity contribution in [1.29, 1.82) is 0 Å². The van der Waals surface area contributed by atoms with Crippen LogP contribution in [0.2, 0.25) is 0 Å². The molecule has 1 aliphatic rings. The van der Waals surface area contributed by atoms with Crippen molar-refractivity contribution in [3.8, 4) is 0 Å². The van der Waals surface area contributed by atoms with Gasteiger partial charge >= 0.3 is 11.7 Å². The summed E-state index contributed by atoms with van der Waals surface area (Å²) in [5.41, 5.74) is 4.47. The number of hydrogen-bond acceptors (Lipinski definition) is 8. The van der Waals surface area contributed by atoms with E-state index in [1.54, 1.807) is 0 Å². The molecule has 110 valence electrons. The van der Waals surface area contributed by atoms with Crippen molar-refractivity contribution in [3.63, 3.8) is 0 Å². The van der Waals surface area contributed by atoms with Gasteiger partial charge in [-0.25, -0.2) is 9.59 Å². The van der Waals surface area contributed by atoms with E-state index < -0.39 is 42.3 Å². The molecule has 6 N–H and O–H groups in total. The number of aliphatic hydroxyl groups is 3. The van der Waals surface area contributed by atoms with Gasteiger partial charge < -0.3 is 30.9 Å². The lowest BCUT2D eigenvalue weighted by Gasteiger charge is -2.17. The molecule has 1 aromatic heterocycles. The molecule has 1 fully saturated rings. The van der Waals surface area contributed by atoms with Crippen molar-refractivity contribution in [2.75, 3.05) is 5.73 Å². The van der Waals surface area contributed by atoms with Gasteiger partial charge in [-0.3, -0.25) is 4.57 Å². The van der Waals surface area contributed by atoms with Crippen LogP contribution in [0, 0.1) is 0 Å². The lowest BCUT2D eigenvalue weighted by atomic mass is 10.1. The number of carboxylic acid groups (broad SMARTS) is 1. The lowest BCUT2D eigenvalue weighted by molar-refractivity contribution is -0.160. The number of aliphatic carboxylic acids is 1. The summed E-state index contributed by atoms with van der Waals surface area (Å²) in [6, 6.07) is 1.27. The maximum Gasteiger partial charge on any atom is 0.351 e. The van der Waals surface area contributed by atoms with E-state index in [0.29, 0.717) is 0 Å². The number of aromatic nitrogens is 2. The molecule has 5 atom stereocenters. The normalized spacial score (nSPS) is 31.1. The van der Waals surface area contributed by atoms with E-state index >= 15 is 0 Å². The van der Waals surface area contributed by atoms with Crippen LogP contribution in [0.3, 0.4) is 0 Å². The molecule has 0 aliphatic carbocycles. The van der Waals surface area contributed by atoms with E-state index in [1.807, 2.05) is 0 Å². The molecule has 0 aromatic carbocycles. The summed E-state index contributed by atoms with van der Waals surface area (Å²) >= 11 is 0. The minimum absolute atomic E-state index is 0.0404. The molecule has 10 nitrogen and oxygen atoms in total. The molecule has 0 saturated carbocycles. The van der Waals surface area contributed by atoms with E-state index in [2.05, 4.69) is 4.98 Å². The highest BCUT2D eigenvalue weighted by atomic mass is 16.6. The monoisotopic (exact) mass is 287 g/mol. The van der Waals surface area contributed by atoms with Crippen LogP contribution in [0.1, 0.15) is 6.23 Å². The van der Waals surface area contributed by atoms with Crippen LogP contribution in [-0.2, 0) is 9.53 Å². The number of aliphatic hydroxyl groups excluding tert-OH is 3. The van der Waals surface area contributed by atoms with Gasteiger partial charge in [0.2, 0.25) is 0 Å².